The number of ether oxygens (including phenoxy) is 1. The molecule has 0 saturated carbocycles. The zero-order valence-electron chi connectivity index (χ0n) is 9.67. The molecule has 6 heteroatoms. The zero-order valence-corrected chi connectivity index (χ0v) is 9.67. The van der Waals surface area contributed by atoms with Crippen molar-refractivity contribution in [3.05, 3.63) is 12.3 Å². The first kappa shape index (κ1) is 14.0. The molecule has 0 aromatic rings. The van der Waals surface area contributed by atoms with E-state index in [1.54, 1.807) is 6.08 Å². The lowest BCUT2D eigenvalue weighted by Crippen LogP contribution is -2.55. The number of nitrogens with zero attached hydrogens (tertiary/aromatic N) is 1. The van der Waals surface area contributed by atoms with Crippen LogP contribution in [0, 0.1) is 0 Å². The average molecular weight is 251 g/mol. The molecule has 0 bridgehead atoms. The third kappa shape index (κ3) is 2.80. The summed E-state index contributed by atoms with van der Waals surface area (Å²) in [5, 5.41) is 0. The van der Waals surface area contributed by atoms with Gasteiger partial charge in [-0.15, -0.1) is 0 Å². The van der Waals surface area contributed by atoms with Crippen LogP contribution in [0.15, 0.2) is 12.3 Å². The monoisotopic (exact) mass is 251 g/mol. The minimum Gasteiger partial charge on any atom is -0.340 e. The van der Waals surface area contributed by atoms with E-state index in [0.717, 1.165) is 17.7 Å². The summed E-state index contributed by atoms with van der Waals surface area (Å²) in [6.45, 7) is 1.97. The Morgan fingerprint density at radius 3 is 2.71 bits per heavy atom. The van der Waals surface area contributed by atoms with Crippen molar-refractivity contribution < 1.29 is 22.7 Å². The van der Waals surface area contributed by atoms with Crippen LogP contribution in [0.2, 0.25) is 0 Å². The first-order chi connectivity index (χ1) is 7.98. The number of allylic oxidation sites excluding steroid dienone is 1. The van der Waals surface area contributed by atoms with E-state index in [1.165, 1.54) is 6.20 Å². The molecule has 3 nitrogen and oxygen atoms in total. The fraction of sp³-hybridized carbons (Fsp3) is 0.727. The Morgan fingerprint density at radius 2 is 2.18 bits per heavy atom. The lowest BCUT2D eigenvalue weighted by molar-refractivity contribution is -0.276. The molecule has 0 radical (unpaired) electrons. The number of carbonyl (C=O) groups excluding carboxylic acids is 1. The van der Waals surface area contributed by atoms with Gasteiger partial charge in [-0.25, -0.2) is 0 Å². The van der Waals surface area contributed by atoms with Gasteiger partial charge in [0.05, 0.1) is 6.61 Å². The van der Waals surface area contributed by atoms with Crippen molar-refractivity contribution in [1.82, 2.24) is 4.90 Å². The number of hydrogen-bond donors (Lipinski definition) is 0. The van der Waals surface area contributed by atoms with Gasteiger partial charge in [0.1, 0.15) is 0 Å². The second-order valence-electron chi connectivity index (χ2n) is 3.88. The fourth-order valence-electron chi connectivity index (χ4n) is 1.67. The van der Waals surface area contributed by atoms with Gasteiger partial charge >= 0.3 is 6.18 Å². The van der Waals surface area contributed by atoms with Crippen LogP contribution in [0.25, 0.3) is 0 Å². The molecular formula is C11H16F3NO2. The van der Waals surface area contributed by atoms with Crippen molar-refractivity contribution in [1.29, 1.82) is 0 Å². The van der Waals surface area contributed by atoms with Crippen molar-refractivity contribution in [2.75, 3.05) is 13.2 Å². The second kappa shape index (κ2) is 5.53. The summed E-state index contributed by atoms with van der Waals surface area (Å²) < 4.78 is 43.0. The summed E-state index contributed by atoms with van der Waals surface area (Å²) in [6, 6.07) is 0. The van der Waals surface area contributed by atoms with Crippen LogP contribution in [0.1, 0.15) is 26.2 Å². The van der Waals surface area contributed by atoms with Crippen LogP contribution in [0.4, 0.5) is 13.2 Å². The van der Waals surface area contributed by atoms with E-state index in [1.807, 2.05) is 6.92 Å². The molecular weight excluding hydrogens is 235 g/mol. The number of hydrogen-bond acceptors (Lipinski definition) is 3. The van der Waals surface area contributed by atoms with E-state index < -0.39 is 11.9 Å². The van der Waals surface area contributed by atoms with E-state index in [-0.39, 0.29) is 19.4 Å². The van der Waals surface area contributed by atoms with Gasteiger partial charge in [-0.05, 0) is 12.6 Å². The summed E-state index contributed by atoms with van der Waals surface area (Å²) in [5.41, 5.74) is -2.80. The first-order valence-electron chi connectivity index (χ1n) is 5.58. The Hall–Kier alpha value is -1.04. The predicted octanol–water partition coefficient (Wildman–Crippen LogP) is 2.48. The highest BCUT2D eigenvalue weighted by Gasteiger charge is 2.62. The predicted molar refractivity (Wildman–Crippen MR) is 56.2 cm³/mol. The summed E-state index contributed by atoms with van der Waals surface area (Å²) in [6.07, 6.45) is 0.626. The number of carbonyl (C=O) groups is 1. The van der Waals surface area contributed by atoms with Gasteiger partial charge in [0.15, 0.2) is 6.29 Å². The van der Waals surface area contributed by atoms with Crippen molar-refractivity contribution in [2.45, 2.75) is 38.1 Å². The molecule has 0 aliphatic carbocycles. The Labute approximate surface area is 98.2 Å². The number of unbranched alkanes of at least 4 members (excludes halogenated alkanes) is 2. The molecule has 17 heavy (non-hydrogen) atoms. The Kier molecular flexibility index (Phi) is 4.56. The molecule has 0 spiro atoms. The smallest absolute Gasteiger partial charge is 0.340 e. The van der Waals surface area contributed by atoms with Crippen molar-refractivity contribution in [3.63, 3.8) is 0 Å². The van der Waals surface area contributed by atoms with Gasteiger partial charge in [-0.3, -0.25) is 4.79 Å². The van der Waals surface area contributed by atoms with E-state index in [2.05, 4.69) is 4.74 Å². The summed E-state index contributed by atoms with van der Waals surface area (Å²) in [5.74, 6) is 0. The highest BCUT2D eigenvalue weighted by Crippen LogP contribution is 2.38. The zero-order chi connectivity index (χ0) is 12.9. The number of alkyl halides is 3. The minimum atomic E-state index is -4.72. The maximum absolute atomic E-state index is 12.8. The largest absolute Gasteiger partial charge is 0.444 e. The highest BCUT2D eigenvalue weighted by molar-refractivity contribution is 5.64. The number of aldehydes is 1. The van der Waals surface area contributed by atoms with Gasteiger partial charge in [0.25, 0.3) is 5.72 Å². The summed E-state index contributed by atoms with van der Waals surface area (Å²) >= 11 is 0. The van der Waals surface area contributed by atoms with Crippen LogP contribution in [0.3, 0.4) is 0 Å². The molecule has 0 aromatic heterocycles. The molecule has 1 atom stereocenters. The fourth-order valence-corrected chi connectivity index (χ4v) is 1.67. The van der Waals surface area contributed by atoms with Crippen molar-refractivity contribution >= 4 is 6.29 Å². The molecule has 0 N–H and O–H groups in total. The van der Waals surface area contributed by atoms with Gasteiger partial charge in [0, 0.05) is 6.54 Å². The standard InChI is InChI=1S/C11H16F3NO2/c1-2-3-4-5-6-15-7-8-17-10(15,9-16)11(12,13)14/h5-6,9H,2-4,7-8H2,1H3. The molecule has 1 rings (SSSR count). The van der Waals surface area contributed by atoms with E-state index >= 15 is 0 Å². The summed E-state index contributed by atoms with van der Waals surface area (Å²) in [7, 11) is 0. The van der Waals surface area contributed by atoms with Gasteiger partial charge in [-0.2, -0.15) is 13.2 Å². The molecule has 1 saturated heterocycles. The molecule has 1 fully saturated rings. The quantitative estimate of drug-likeness (QED) is 0.555. The van der Waals surface area contributed by atoms with E-state index in [0.29, 0.717) is 6.42 Å². The number of halogens is 3. The molecule has 0 amide bonds. The van der Waals surface area contributed by atoms with Crippen LogP contribution in [-0.4, -0.2) is 36.2 Å². The molecule has 1 aliphatic heterocycles. The second-order valence-corrected chi connectivity index (χ2v) is 3.88. The molecule has 1 aliphatic rings. The lowest BCUT2D eigenvalue weighted by Gasteiger charge is -2.32. The Morgan fingerprint density at radius 1 is 1.47 bits per heavy atom. The molecule has 1 unspecified atom stereocenters. The van der Waals surface area contributed by atoms with Crippen LogP contribution >= 0.6 is 0 Å². The topological polar surface area (TPSA) is 29.5 Å². The van der Waals surface area contributed by atoms with E-state index in [9.17, 15) is 18.0 Å². The van der Waals surface area contributed by atoms with Crippen LogP contribution in [0.5, 0.6) is 0 Å². The lowest BCUT2D eigenvalue weighted by atomic mass is 10.2. The SMILES string of the molecule is CCCCC=CN1CCOC1(C=O)C(F)(F)F. The van der Waals surface area contributed by atoms with Gasteiger partial charge in [-0.1, -0.05) is 25.8 Å². The first-order valence-corrected chi connectivity index (χ1v) is 5.58. The van der Waals surface area contributed by atoms with Gasteiger partial charge < -0.3 is 9.64 Å². The highest BCUT2D eigenvalue weighted by atomic mass is 19.4. The Bertz CT molecular complexity index is 291. The summed E-state index contributed by atoms with van der Waals surface area (Å²) in [4.78, 5) is 11.7. The maximum atomic E-state index is 12.8. The third-order valence-electron chi connectivity index (χ3n) is 2.66. The van der Waals surface area contributed by atoms with Gasteiger partial charge in [0.2, 0.25) is 0 Å². The van der Waals surface area contributed by atoms with E-state index in [4.69, 9.17) is 0 Å². The molecule has 0 aromatic carbocycles. The molecule has 1 heterocycles. The minimum absolute atomic E-state index is 0.0703. The van der Waals surface area contributed by atoms with Crippen LogP contribution < -0.4 is 0 Å². The van der Waals surface area contributed by atoms with Crippen molar-refractivity contribution in [2.24, 2.45) is 0 Å². The molecule has 98 valence electrons. The average Bonchev–Trinajstić information content (AvgIpc) is 2.68. The third-order valence-corrected chi connectivity index (χ3v) is 2.66. The van der Waals surface area contributed by atoms with Crippen LogP contribution in [-0.2, 0) is 9.53 Å². The Balaban J connectivity index is 2.77. The normalized spacial score (nSPS) is 25.8. The maximum Gasteiger partial charge on any atom is 0.444 e. The van der Waals surface area contributed by atoms with Crippen molar-refractivity contribution in [3.8, 4) is 0 Å². The number of rotatable bonds is 5.